The maximum atomic E-state index is 10.6. The van der Waals surface area contributed by atoms with Crippen molar-refractivity contribution in [3.05, 3.63) is 52.7 Å². The first-order valence-electron chi connectivity index (χ1n) is 2.97. The van der Waals surface area contributed by atoms with E-state index in [0.29, 0.717) is 0 Å². The summed E-state index contributed by atoms with van der Waals surface area (Å²) < 4.78 is 0. The standard InChI is InChI=1S/C9H7O.H2O.Rb/c1-2-8-4-3-5-9(10)7-6-8;;/h2-4,6-7H,1H2;1H2;/q-1;;+1/p-1. The van der Waals surface area contributed by atoms with Gasteiger partial charge in [-0.05, 0) is 0 Å². The molecule has 0 unspecified atom stereocenters. The zero-order valence-corrected chi connectivity index (χ0v) is 11.9. The monoisotopic (exact) mass is 233 g/mol. The molecule has 2 nitrogen and oxygen atoms in total. The zero-order valence-electron chi connectivity index (χ0n) is 6.95. The first-order chi connectivity index (χ1) is 4.83. The molecule has 0 aromatic heterocycles. The number of rotatable bonds is 1. The Balaban J connectivity index is 0. The second-order valence-corrected chi connectivity index (χ2v) is 1.88. The number of hydrogen-bond donors (Lipinski definition) is 0. The van der Waals surface area contributed by atoms with E-state index in [9.17, 15) is 4.79 Å². The van der Waals surface area contributed by atoms with Crippen LogP contribution < -0.4 is 63.6 Å². The predicted molar refractivity (Wildman–Crippen MR) is 43.6 cm³/mol. The fraction of sp³-hybridized carbons (Fsp3) is 0. The topological polar surface area (TPSA) is 47.1 Å². The van der Waals surface area contributed by atoms with Crippen molar-refractivity contribution < 1.29 is 63.7 Å². The molecule has 0 saturated carbocycles. The third-order valence-corrected chi connectivity index (χ3v) is 1.16. The van der Waals surface area contributed by atoms with Crippen molar-refractivity contribution in [2.45, 2.75) is 0 Å². The molecule has 1 aromatic carbocycles. The van der Waals surface area contributed by atoms with Gasteiger partial charge in [0.1, 0.15) is 0 Å². The summed E-state index contributed by atoms with van der Waals surface area (Å²) in [4.78, 5) is 10.6. The van der Waals surface area contributed by atoms with Crippen LogP contribution in [0.3, 0.4) is 0 Å². The van der Waals surface area contributed by atoms with Gasteiger partial charge in [-0.3, -0.25) is 0 Å². The minimum absolute atomic E-state index is 0. The Bertz CT molecular complexity index is 296. The van der Waals surface area contributed by atoms with Gasteiger partial charge in [-0.2, -0.15) is 12.1 Å². The van der Waals surface area contributed by atoms with E-state index in [0.717, 1.165) is 5.56 Å². The Hall–Kier alpha value is 0.395. The van der Waals surface area contributed by atoms with Crippen LogP contribution in [-0.4, -0.2) is 5.48 Å². The fourth-order valence-electron chi connectivity index (χ4n) is 0.632. The Morgan fingerprint density at radius 2 is 2.00 bits per heavy atom. The maximum Gasteiger partial charge on any atom is 1.00 e. The van der Waals surface area contributed by atoms with Crippen LogP contribution in [0.5, 0.6) is 0 Å². The summed E-state index contributed by atoms with van der Waals surface area (Å²) in [6, 6.07) is 9.10. The SMILES string of the molecule is C=Cc1cc[c-]c(=O)cc1.[OH-].[Rb+]. The van der Waals surface area contributed by atoms with Gasteiger partial charge in [-0.1, -0.05) is 18.2 Å². The van der Waals surface area contributed by atoms with E-state index in [2.05, 4.69) is 12.6 Å². The van der Waals surface area contributed by atoms with E-state index in [1.165, 1.54) is 6.07 Å². The molecule has 0 radical (unpaired) electrons. The first-order valence-corrected chi connectivity index (χ1v) is 2.97. The molecule has 0 spiro atoms. The average molecular weight is 234 g/mol. The normalized spacial score (nSPS) is 7.33. The van der Waals surface area contributed by atoms with Gasteiger partial charge in [0.2, 0.25) is 0 Å². The molecule has 58 valence electrons. The molecule has 0 aliphatic heterocycles. The maximum absolute atomic E-state index is 10.6. The van der Waals surface area contributed by atoms with Crippen LogP contribution in [0.4, 0.5) is 0 Å². The molecule has 1 N–H and O–H groups in total. The van der Waals surface area contributed by atoms with Crippen molar-refractivity contribution in [1.82, 2.24) is 0 Å². The van der Waals surface area contributed by atoms with Crippen molar-refractivity contribution in [2.75, 3.05) is 0 Å². The van der Waals surface area contributed by atoms with Crippen LogP contribution in [0, 0.1) is 6.07 Å². The van der Waals surface area contributed by atoms with E-state index in [1.807, 2.05) is 0 Å². The number of hydrogen-bond acceptors (Lipinski definition) is 2. The Morgan fingerprint density at radius 1 is 1.33 bits per heavy atom. The Kier molecular flexibility index (Phi) is 9.95. The van der Waals surface area contributed by atoms with Crippen LogP contribution in [0.15, 0.2) is 35.6 Å². The molecule has 12 heavy (non-hydrogen) atoms. The summed E-state index contributed by atoms with van der Waals surface area (Å²) >= 11 is 0. The van der Waals surface area contributed by atoms with Gasteiger partial charge in [0.05, 0.1) is 5.43 Å². The molecule has 1 rings (SSSR count). The molecule has 1 aromatic rings. The summed E-state index contributed by atoms with van der Waals surface area (Å²) in [5, 5.41) is 0. The largest absolute Gasteiger partial charge is 1.00 e. The van der Waals surface area contributed by atoms with Gasteiger partial charge in [0.25, 0.3) is 0 Å². The molecule has 0 fully saturated rings. The van der Waals surface area contributed by atoms with Crippen molar-refractivity contribution in [3.8, 4) is 0 Å². The third kappa shape index (κ3) is 5.11. The fourth-order valence-corrected chi connectivity index (χ4v) is 0.632. The summed E-state index contributed by atoms with van der Waals surface area (Å²) in [6.45, 7) is 3.57. The summed E-state index contributed by atoms with van der Waals surface area (Å²) in [5.41, 5.74) is 0.825. The molecule has 0 amide bonds. The van der Waals surface area contributed by atoms with Gasteiger partial charge in [0, 0.05) is 0 Å². The molecule has 0 aliphatic rings. The van der Waals surface area contributed by atoms with Gasteiger partial charge in [0.15, 0.2) is 0 Å². The van der Waals surface area contributed by atoms with E-state index < -0.39 is 0 Å². The second kappa shape index (κ2) is 8.01. The molecule has 3 heteroatoms. The van der Waals surface area contributed by atoms with E-state index in [-0.39, 0.29) is 69.1 Å². The van der Waals surface area contributed by atoms with Gasteiger partial charge >= 0.3 is 58.2 Å². The zero-order chi connectivity index (χ0) is 7.40. The third-order valence-electron chi connectivity index (χ3n) is 1.16. The molecule has 0 aliphatic carbocycles. The predicted octanol–water partition coefficient (Wildman–Crippen LogP) is -1.68. The quantitative estimate of drug-likeness (QED) is 0.544. The van der Waals surface area contributed by atoms with E-state index >= 15 is 0 Å². The van der Waals surface area contributed by atoms with Crippen molar-refractivity contribution >= 4 is 6.08 Å². The van der Waals surface area contributed by atoms with Crippen LogP contribution in [0.25, 0.3) is 6.08 Å². The smallest absolute Gasteiger partial charge is 0.870 e. The molecule has 0 bridgehead atoms. The minimum Gasteiger partial charge on any atom is -0.870 e. The first kappa shape index (κ1) is 14.9. The van der Waals surface area contributed by atoms with E-state index in [1.54, 1.807) is 24.3 Å². The van der Waals surface area contributed by atoms with Crippen molar-refractivity contribution in [2.24, 2.45) is 0 Å². The van der Waals surface area contributed by atoms with E-state index in [4.69, 9.17) is 0 Å². The molecular formula is C9H8O2Rb-. The molecule has 0 saturated heterocycles. The minimum atomic E-state index is -0.104. The van der Waals surface area contributed by atoms with Gasteiger partial charge < -0.3 is 10.3 Å². The second-order valence-electron chi connectivity index (χ2n) is 1.88. The van der Waals surface area contributed by atoms with Crippen molar-refractivity contribution in [3.63, 3.8) is 0 Å². The van der Waals surface area contributed by atoms with Crippen LogP contribution >= 0.6 is 0 Å². The van der Waals surface area contributed by atoms with Crippen LogP contribution in [0.1, 0.15) is 5.56 Å². The Labute approximate surface area is 120 Å². The molecule has 0 heterocycles. The summed E-state index contributed by atoms with van der Waals surface area (Å²) in [7, 11) is 0. The summed E-state index contributed by atoms with van der Waals surface area (Å²) in [6.07, 6.45) is 1.69. The van der Waals surface area contributed by atoms with Crippen LogP contribution in [0.2, 0.25) is 0 Å². The average Bonchev–Trinajstić information content (AvgIpc) is 2.14. The summed E-state index contributed by atoms with van der Waals surface area (Å²) in [5.74, 6) is 0. The Morgan fingerprint density at radius 3 is 2.58 bits per heavy atom. The van der Waals surface area contributed by atoms with Crippen LogP contribution in [-0.2, 0) is 0 Å². The van der Waals surface area contributed by atoms with Gasteiger partial charge in [-0.25, -0.2) is 0 Å². The molecule has 0 atom stereocenters. The molecular weight excluding hydrogens is 226 g/mol. The van der Waals surface area contributed by atoms with Crippen molar-refractivity contribution in [1.29, 1.82) is 0 Å². The van der Waals surface area contributed by atoms with Gasteiger partial charge in [-0.15, -0.1) is 18.2 Å².